The SMILES string of the molecule is Cc1cc(C)c2c(-c3ccccc3P(C3CCCCC3)C3CCCCC3)c(P(c3ccccc3)c3ccccc3)oc2c1. The second-order valence-electron chi connectivity index (χ2n) is 12.8. The Morgan fingerprint density at radius 2 is 1.14 bits per heavy atom. The van der Waals surface area contributed by atoms with Crippen LogP contribution in [0.15, 0.2) is 101 Å². The van der Waals surface area contributed by atoms with E-state index in [2.05, 4.69) is 111 Å². The van der Waals surface area contributed by atoms with Crippen LogP contribution in [0.2, 0.25) is 0 Å². The molecule has 1 aromatic heterocycles. The van der Waals surface area contributed by atoms with Gasteiger partial charge in [-0.1, -0.05) is 137 Å². The molecule has 0 N–H and O–H groups in total. The zero-order valence-corrected chi connectivity index (χ0v) is 27.6. The monoisotopic (exact) mass is 602 g/mol. The minimum Gasteiger partial charge on any atom is -0.455 e. The van der Waals surface area contributed by atoms with Crippen molar-refractivity contribution in [3.05, 3.63) is 108 Å². The van der Waals surface area contributed by atoms with Crippen LogP contribution in [0.4, 0.5) is 0 Å². The van der Waals surface area contributed by atoms with Crippen molar-refractivity contribution >= 4 is 48.2 Å². The second kappa shape index (κ2) is 13.1. The fourth-order valence-corrected chi connectivity index (χ4v) is 14.2. The van der Waals surface area contributed by atoms with Crippen molar-refractivity contribution in [3.8, 4) is 11.1 Å². The molecule has 2 fully saturated rings. The number of fused-ring (bicyclic) bond motifs is 1. The molecule has 220 valence electrons. The lowest BCUT2D eigenvalue weighted by Crippen LogP contribution is -2.28. The first-order chi connectivity index (χ1) is 21.2. The summed E-state index contributed by atoms with van der Waals surface area (Å²) in [6, 6.07) is 36.4. The Balaban J connectivity index is 1.50. The van der Waals surface area contributed by atoms with E-state index in [9.17, 15) is 0 Å². The van der Waals surface area contributed by atoms with E-state index in [1.807, 2.05) is 0 Å². The van der Waals surface area contributed by atoms with E-state index in [1.54, 1.807) is 5.30 Å². The fraction of sp³-hybridized carbons (Fsp3) is 0.350. The van der Waals surface area contributed by atoms with Crippen molar-refractivity contribution in [2.75, 3.05) is 0 Å². The van der Waals surface area contributed by atoms with E-state index < -0.39 is 7.92 Å². The summed E-state index contributed by atoms with van der Waals surface area (Å²) in [6.07, 6.45) is 14.1. The normalized spacial score (nSPS) is 16.8. The van der Waals surface area contributed by atoms with E-state index in [0.29, 0.717) is 0 Å². The fourth-order valence-electron chi connectivity index (χ4n) is 7.86. The minimum atomic E-state index is -0.879. The van der Waals surface area contributed by atoms with Gasteiger partial charge in [0.2, 0.25) is 0 Å². The standard InChI is InChI=1S/C40H44OP2/c1-29-27-30(2)38-36(28-29)41-40(43(33-21-11-5-12-22-33)34-23-13-6-14-24-34)39(38)35-25-15-16-26-37(35)42(31-17-7-3-8-18-31)32-19-9-4-10-20-32/h5-6,11-16,21-28,31-32H,3-4,7-10,17-20H2,1-2H3. The molecule has 0 atom stereocenters. The molecule has 2 saturated carbocycles. The third kappa shape index (κ3) is 5.89. The van der Waals surface area contributed by atoms with Crippen molar-refractivity contribution in [1.82, 2.24) is 0 Å². The summed E-state index contributed by atoms with van der Waals surface area (Å²) in [5.74, 6) is 0. The quantitative estimate of drug-likeness (QED) is 0.169. The largest absolute Gasteiger partial charge is 0.455 e. The third-order valence-corrected chi connectivity index (χ3v) is 15.6. The van der Waals surface area contributed by atoms with Crippen molar-refractivity contribution in [3.63, 3.8) is 0 Å². The van der Waals surface area contributed by atoms with Crippen LogP contribution in [-0.4, -0.2) is 11.3 Å². The zero-order chi connectivity index (χ0) is 29.2. The highest BCUT2D eigenvalue weighted by Gasteiger charge is 2.36. The van der Waals surface area contributed by atoms with Gasteiger partial charge in [-0.2, -0.15) is 0 Å². The second-order valence-corrected chi connectivity index (χ2v) is 17.6. The van der Waals surface area contributed by atoms with Gasteiger partial charge >= 0.3 is 0 Å². The van der Waals surface area contributed by atoms with Gasteiger partial charge in [0.25, 0.3) is 0 Å². The van der Waals surface area contributed by atoms with Crippen molar-refractivity contribution in [2.24, 2.45) is 0 Å². The highest BCUT2D eigenvalue weighted by atomic mass is 31.1. The third-order valence-electron chi connectivity index (χ3n) is 9.73. The molecule has 1 heterocycles. The van der Waals surface area contributed by atoms with Crippen LogP contribution >= 0.6 is 15.8 Å². The molecule has 4 aromatic carbocycles. The molecule has 1 nitrogen and oxygen atoms in total. The maximum atomic E-state index is 7.15. The molecular weight excluding hydrogens is 558 g/mol. The first-order valence-corrected chi connectivity index (χ1v) is 19.3. The summed E-state index contributed by atoms with van der Waals surface area (Å²) in [7, 11) is -1.14. The maximum absolute atomic E-state index is 7.15. The zero-order valence-electron chi connectivity index (χ0n) is 25.8. The highest BCUT2D eigenvalue weighted by molar-refractivity contribution is 7.79. The highest BCUT2D eigenvalue weighted by Crippen LogP contribution is 2.57. The minimum absolute atomic E-state index is 0.263. The van der Waals surface area contributed by atoms with E-state index in [1.165, 1.54) is 102 Å². The molecule has 2 aliphatic rings. The molecule has 5 aromatic rings. The van der Waals surface area contributed by atoms with Crippen LogP contribution in [-0.2, 0) is 0 Å². The predicted molar refractivity (Wildman–Crippen MR) is 190 cm³/mol. The van der Waals surface area contributed by atoms with E-state index in [4.69, 9.17) is 4.42 Å². The van der Waals surface area contributed by atoms with Crippen LogP contribution < -0.4 is 21.4 Å². The molecule has 0 saturated heterocycles. The summed E-state index contributed by atoms with van der Waals surface area (Å²) >= 11 is 0. The number of hydrogen-bond donors (Lipinski definition) is 0. The summed E-state index contributed by atoms with van der Waals surface area (Å²) in [4.78, 5) is 0. The summed E-state index contributed by atoms with van der Waals surface area (Å²) in [5, 5.41) is 5.65. The molecule has 2 aliphatic carbocycles. The lowest BCUT2D eigenvalue weighted by atomic mass is 9.99. The first kappa shape index (κ1) is 29.0. The summed E-state index contributed by atoms with van der Waals surface area (Å²) in [6.45, 7) is 4.49. The van der Waals surface area contributed by atoms with Gasteiger partial charge in [-0.3, -0.25) is 0 Å². The molecule has 0 unspecified atom stereocenters. The molecular formula is C40H44OP2. The number of hydrogen-bond acceptors (Lipinski definition) is 1. The Kier molecular flexibility index (Phi) is 8.84. The molecule has 0 aliphatic heterocycles. The van der Waals surface area contributed by atoms with Gasteiger partial charge in [0, 0.05) is 18.9 Å². The maximum Gasteiger partial charge on any atom is 0.143 e. The Morgan fingerprint density at radius 1 is 0.605 bits per heavy atom. The molecule has 43 heavy (non-hydrogen) atoms. The van der Waals surface area contributed by atoms with Gasteiger partial charge in [0.15, 0.2) is 0 Å². The van der Waals surface area contributed by atoms with Crippen LogP contribution in [0.25, 0.3) is 22.1 Å². The molecule has 3 heteroatoms. The van der Waals surface area contributed by atoms with Gasteiger partial charge in [-0.05, 0) is 89.5 Å². The number of rotatable bonds is 7. The van der Waals surface area contributed by atoms with Crippen LogP contribution in [0.3, 0.4) is 0 Å². The van der Waals surface area contributed by atoms with Gasteiger partial charge in [-0.15, -0.1) is 0 Å². The number of aryl methyl sites for hydroxylation is 2. The van der Waals surface area contributed by atoms with E-state index >= 15 is 0 Å². The van der Waals surface area contributed by atoms with Gasteiger partial charge < -0.3 is 4.42 Å². The van der Waals surface area contributed by atoms with Crippen molar-refractivity contribution in [2.45, 2.75) is 89.4 Å². The average molecular weight is 603 g/mol. The molecule has 0 bridgehead atoms. The van der Waals surface area contributed by atoms with Crippen LogP contribution in [0.1, 0.15) is 75.3 Å². The Morgan fingerprint density at radius 3 is 1.72 bits per heavy atom. The van der Waals surface area contributed by atoms with E-state index in [0.717, 1.165) is 22.4 Å². The number of benzene rings is 4. The van der Waals surface area contributed by atoms with Gasteiger partial charge in [0.1, 0.15) is 11.1 Å². The van der Waals surface area contributed by atoms with E-state index in [-0.39, 0.29) is 7.92 Å². The lowest BCUT2D eigenvalue weighted by molar-refractivity contribution is 0.487. The first-order valence-electron chi connectivity index (χ1n) is 16.5. The summed E-state index contributed by atoms with van der Waals surface area (Å²) in [5.41, 5.74) is 9.30. The summed E-state index contributed by atoms with van der Waals surface area (Å²) < 4.78 is 7.15. The lowest BCUT2D eigenvalue weighted by Gasteiger charge is -2.39. The van der Waals surface area contributed by atoms with Crippen molar-refractivity contribution < 1.29 is 4.42 Å². The topological polar surface area (TPSA) is 13.1 Å². The van der Waals surface area contributed by atoms with Crippen LogP contribution in [0.5, 0.6) is 0 Å². The smallest absolute Gasteiger partial charge is 0.143 e. The average Bonchev–Trinajstić information content (AvgIpc) is 3.42. The molecule has 0 amide bonds. The molecule has 0 spiro atoms. The Bertz CT molecular complexity index is 1600. The Labute approximate surface area is 260 Å². The predicted octanol–water partition coefficient (Wildman–Crippen LogP) is 10.2. The Hall–Kier alpha value is -2.72. The molecule has 7 rings (SSSR count). The number of furan rings is 1. The molecule has 0 radical (unpaired) electrons. The van der Waals surface area contributed by atoms with Crippen LogP contribution in [0, 0.1) is 13.8 Å². The van der Waals surface area contributed by atoms with Crippen molar-refractivity contribution in [1.29, 1.82) is 0 Å². The van der Waals surface area contributed by atoms with Gasteiger partial charge in [-0.25, -0.2) is 0 Å². The van der Waals surface area contributed by atoms with Gasteiger partial charge in [0.05, 0.1) is 0 Å².